The lowest BCUT2D eigenvalue weighted by Crippen LogP contribution is -2.17. The monoisotopic (exact) mass is 322 g/mol. The highest BCUT2D eigenvalue weighted by Crippen LogP contribution is 2.27. The minimum atomic E-state index is -3.72. The molecule has 0 aliphatic heterocycles. The van der Waals surface area contributed by atoms with Crippen LogP contribution in [0, 0.1) is 10.1 Å². The zero-order chi connectivity index (χ0) is 15.3. The maximum Gasteiger partial charge on any atom is 0.303 e. The lowest BCUT2D eigenvalue weighted by molar-refractivity contribution is -0.384. The fraction of sp³-hybridized carbons (Fsp3) is 0.300. The SMILES string of the molecule is O=C(O)CCCS(=O)(=O)Nc1ccc([N+](=O)[O-])c(Cl)c1. The summed E-state index contributed by atoms with van der Waals surface area (Å²) in [5.74, 6) is -1.45. The van der Waals surface area contributed by atoms with Gasteiger partial charge in [-0.25, -0.2) is 8.42 Å². The number of benzene rings is 1. The lowest BCUT2D eigenvalue weighted by atomic mass is 10.3. The second kappa shape index (κ2) is 6.53. The number of nitro benzene ring substituents is 1. The van der Waals surface area contributed by atoms with Gasteiger partial charge in [-0.3, -0.25) is 19.6 Å². The maximum atomic E-state index is 11.6. The maximum absolute atomic E-state index is 11.6. The molecule has 0 aromatic heterocycles. The molecule has 20 heavy (non-hydrogen) atoms. The van der Waals surface area contributed by atoms with E-state index >= 15 is 0 Å². The fourth-order valence-corrected chi connectivity index (χ4v) is 2.72. The van der Waals surface area contributed by atoms with Crippen molar-refractivity contribution in [1.82, 2.24) is 0 Å². The number of carbonyl (C=O) groups is 1. The summed E-state index contributed by atoms with van der Waals surface area (Å²) in [5.41, 5.74) is -0.253. The van der Waals surface area contributed by atoms with E-state index in [4.69, 9.17) is 16.7 Å². The Balaban J connectivity index is 2.75. The number of nitrogens with one attached hydrogen (secondary N) is 1. The van der Waals surface area contributed by atoms with Gasteiger partial charge in [-0.2, -0.15) is 0 Å². The molecule has 0 radical (unpaired) electrons. The summed E-state index contributed by atoms with van der Waals surface area (Å²) in [6.45, 7) is 0. The molecule has 0 saturated heterocycles. The molecule has 110 valence electrons. The van der Waals surface area contributed by atoms with Crippen molar-refractivity contribution in [1.29, 1.82) is 0 Å². The fourth-order valence-electron chi connectivity index (χ4n) is 1.36. The van der Waals surface area contributed by atoms with E-state index in [2.05, 4.69) is 4.72 Å². The zero-order valence-corrected chi connectivity index (χ0v) is 11.6. The van der Waals surface area contributed by atoms with Crippen LogP contribution in [0.3, 0.4) is 0 Å². The molecule has 0 aliphatic carbocycles. The number of anilines is 1. The van der Waals surface area contributed by atoms with Crippen molar-refractivity contribution in [3.8, 4) is 0 Å². The molecule has 0 spiro atoms. The summed E-state index contributed by atoms with van der Waals surface area (Å²) in [6, 6.07) is 3.41. The molecule has 0 heterocycles. The first-order chi connectivity index (χ1) is 9.21. The van der Waals surface area contributed by atoms with Crippen LogP contribution in [0.4, 0.5) is 11.4 Å². The van der Waals surface area contributed by atoms with Crippen LogP contribution in [0.15, 0.2) is 18.2 Å². The minimum Gasteiger partial charge on any atom is -0.481 e. The van der Waals surface area contributed by atoms with Crippen molar-refractivity contribution in [2.45, 2.75) is 12.8 Å². The average molecular weight is 323 g/mol. The molecule has 0 bridgehead atoms. The number of rotatable bonds is 7. The van der Waals surface area contributed by atoms with E-state index in [-0.39, 0.29) is 35.0 Å². The van der Waals surface area contributed by atoms with Crippen LogP contribution in [-0.4, -0.2) is 30.2 Å². The molecular formula is C10H11ClN2O6S. The lowest BCUT2D eigenvalue weighted by Gasteiger charge is -2.07. The van der Waals surface area contributed by atoms with Gasteiger partial charge in [0.25, 0.3) is 5.69 Å². The van der Waals surface area contributed by atoms with Crippen LogP contribution in [0.2, 0.25) is 5.02 Å². The van der Waals surface area contributed by atoms with Gasteiger partial charge in [-0.15, -0.1) is 0 Å². The van der Waals surface area contributed by atoms with Crippen molar-refractivity contribution in [2.24, 2.45) is 0 Å². The first-order valence-electron chi connectivity index (χ1n) is 5.37. The number of hydrogen-bond acceptors (Lipinski definition) is 5. The summed E-state index contributed by atoms with van der Waals surface area (Å²) in [4.78, 5) is 20.2. The first-order valence-corrected chi connectivity index (χ1v) is 7.40. The quantitative estimate of drug-likeness (QED) is 0.582. The van der Waals surface area contributed by atoms with E-state index in [0.717, 1.165) is 12.1 Å². The van der Waals surface area contributed by atoms with E-state index in [9.17, 15) is 23.3 Å². The Kier molecular flexibility index (Phi) is 5.28. The topological polar surface area (TPSA) is 127 Å². The molecule has 2 N–H and O–H groups in total. The second-order valence-corrected chi connectivity index (χ2v) is 6.09. The van der Waals surface area contributed by atoms with Crippen LogP contribution < -0.4 is 4.72 Å². The van der Waals surface area contributed by atoms with Crippen LogP contribution in [-0.2, 0) is 14.8 Å². The predicted octanol–water partition coefficient (Wildman–Crippen LogP) is 1.85. The number of halogens is 1. The highest BCUT2D eigenvalue weighted by molar-refractivity contribution is 7.92. The van der Waals surface area contributed by atoms with Gasteiger partial charge in [-0.1, -0.05) is 11.6 Å². The predicted molar refractivity (Wildman–Crippen MR) is 72.4 cm³/mol. The molecule has 0 amide bonds. The van der Waals surface area contributed by atoms with Gasteiger partial charge in [0.05, 0.1) is 16.4 Å². The zero-order valence-electron chi connectivity index (χ0n) is 10.1. The Labute approximate surface area is 119 Å². The van der Waals surface area contributed by atoms with E-state index in [0.29, 0.717) is 0 Å². The molecule has 1 aromatic rings. The van der Waals surface area contributed by atoms with Gasteiger partial charge >= 0.3 is 5.97 Å². The smallest absolute Gasteiger partial charge is 0.303 e. The Morgan fingerprint density at radius 3 is 2.60 bits per heavy atom. The number of aliphatic carboxylic acids is 1. The minimum absolute atomic E-state index is 0.0363. The van der Waals surface area contributed by atoms with Crippen molar-refractivity contribution in [3.05, 3.63) is 33.3 Å². The van der Waals surface area contributed by atoms with E-state index in [1.807, 2.05) is 0 Å². The van der Waals surface area contributed by atoms with Gasteiger partial charge < -0.3 is 5.11 Å². The molecule has 1 rings (SSSR count). The highest BCUT2D eigenvalue weighted by atomic mass is 35.5. The third-order valence-corrected chi connectivity index (χ3v) is 3.90. The highest BCUT2D eigenvalue weighted by Gasteiger charge is 2.15. The number of hydrogen-bond donors (Lipinski definition) is 2. The van der Waals surface area contributed by atoms with E-state index < -0.39 is 20.9 Å². The molecule has 10 heteroatoms. The van der Waals surface area contributed by atoms with Crippen molar-refractivity contribution >= 4 is 39.0 Å². The molecule has 0 fully saturated rings. The third kappa shape index (κ3) is 5.02. The summed E-state index contributed by atoms with van der Waals surface area (Å²) < 4.78 is 25.4. The summed E-state index contributed by atoms with van der Waals surface area (Å²) in [7, 11) is -3.72. The summed E-state index contributed by atoms with van der Waals surface area (Å²) in [6.07, 6.45) is -0.298. The van der Waals surface area contributed by atoms with Crippen molar-refractivity contribution in [3.63, 3.8) is 0 Å². The molecule has 1 aromatic carbocycles. The Bertz CT molecular complexity index is 631. The number of nitrogens with zero attached hydrogens (tertiary/aromatic N) is 1. The Hall–Kier alpha value is -1.87. The van der Waals surface area contributed by atoms with Crippen molar-refractivity contribution in [2.75, 3.05) is 10.5 Å². The third-order valence-electron chi connectivity index (χ3n) is 2.22. The molecule has 8 nitrogen and oxygen atoms in total. The molecule has 0 saturated carbocycles. The second-order valence-electron chi connectivity index (χ2n) is 3.84. The van der Waals surface area contributed by atoms with E-state index in [1.165, 1.54) is 6.07 Å². The van der Waals surface area contributed by atoms with E-state index in [1.54, 1.807) is 0 Å². The van der Waals surface area contributed by atoms with Crippen LogP contribution in [0.25, 0.3) is 0 Å². The number of nitro groups is 1. The number of carboxylic acid groups (broad SMARTS) is 1. The summed E-state index contributed by atoms with van der Waals surface area (Å²) in [5, 5.41) is 18.8. The van der Waals surface area contributed by atoms with Gasteiger partial charge in [0, 0.05) is 12.5 Å². The van der Waals surface area contributed by atoms with Crippen LogP contribution in [0.5, 0.6) is 0 Å². The van der Waals surface area contributed by atoms with Gasteiger partial charge in [0.2, 0.25) is 10.0 Å². The normalized spacial score (nSPS) is 11.1. The Morgan fingerprint density at radius 1 is 1.45 bits per heavy atom. The molecular weight excluding hydrogens is 312 g/mol. The number of carboxylic acids is 1. The standard InChI is InChI=1S/C10H11ClN2O6S/c11-8-6-7(3-4-9(8)13(16)17)12-20(18,19)5-1-2-10(14)15/h3-4,6,12H,1-2,5H2,(H,14,15). The van der Waals surface area contributed by atoms with Gasteiger partial charge in [0.1, 0.15) is 5.02 Å². The average Bonchev–Trinajstić information content (AvgIpc) is 2.26. The molecule has 0 unspecified atom stereocenters. The first kappa shape index (κ1) is 16.2. The van der Waals surface area contributed by atoms with Crippen LogP contribution >= 0.6 is 11.6 Å². The van der Waals surface area contributed by atoms with Crippen LogP contribution in [0.1, 0.15) is 12.8 Å². The molecule has 0 atom stereocenters. The molecule has 0 aliphatic rings. The van der Waals surface area contributed by atoms with Gasteiger partial charge in [0.15, 0.2) is 0 Å². The van der Waals surface area contributed by atoms with Crippen molar-refractivity contribution < 1.29 is 23.2 Å². The largest absolute Gasteiger partial charge is 0.481 e. The Morgan fingerprint density at radius 2 is 2.10 bits per heavy atom. The van der Waals surface area contributed by atoms with Gasteiger partial charge in [-0.05, 0) is 18.6 Å². The number of sulfonamides is 1. The summed E-state index contributed by atoms with van der Waals surface area (Å²) >= 11 is 5.64.